The minimum absolute atomic E-state index is 0.157. The Bertz CT molecular complexity index is 360. The maximum atomic E-state index is 11.2. The fourth-order valence-corrected chi connectivity index (χ4v) is 2.13. The number of rotatable bonds is 1. The van der Waals surface area contributed by atoms with Gasteiger partial charge in [0.05, 0.1) is 0 Å². The van der Waals surface area contributed by atoms with Crippen LogP contribution in [0.15, 0.2) is 27.1 Å². The van der Waals surface area contributed by atoms with Gasteiger partial charge in [-0.15, -0.1) is 0 Å². The zero-order valence-corrected chi connectivity index (χ0v) is 10.1. The van der Waals surface area contributed by atoms with Crippen molar-refractivity contribution in [1.82, 2.24) is 0 Å². The molecule has 0 aromatic heterocycles. The number of benzene rings is 1. The molecule has 3 heteroatoms. The molecule has 1 aliphatic carbocycles. The molecule has 2 rings (SSSR count). The summed E-state index contributed by atoms with van der Waals surface area (Å²) in [6.07, 6.45) is 1.76. The second-order valence-corrected chi connectivity index (χ2v) is 4.94. The van der Waals surface area contributed by atoms with E-state index in [0.717, 1.165) is 27.4 Å². The van der Waals surface area contributed by atoms with Crippen LogP contribution in [0.2, 0.25) is 0 Å². The van der Waals surface area contributed by atoms with Crippen molar-refractivity contribution in [2.24, 2.45) is 0 Å². The summed E-state index contributed by atoms with van der Waals surface area (Å²) in [5, 5.41) is 0. The van der Waals surface area contributed by atoms with Crippen LogP contribution in [-0.4, -0.2) is 5.78 Å². The van der Waals surface area contributed by atoms with Crippen molar-refractivity contribution >= 4 is 37.6 Å². The average molecular weight is 304 g/mol. The van der Waals surface area contributed by atoms with Crippen molar-refractivity contribution in [3.8, 4) is 0 Å². The van der Waals surface area contributed by atoms with Gasteiger partial charge in [-0.3, -0.25) is 4.79 Å². The molecule has 0 N–H and O–H groups in total. The van der Waals surface area contributed by atoms with Gasteiger partial charge in [0.15, 0.2) is 0 Å². The average Bonchev–Trinajstić information content (AvgIpc) is 2.09. The van der Waals surface area contributed by atoms with E-state index >= 15 is 0 Å². The van der Waals surface area contributed by atoms with Crippen LogP contribution in [0.1, 0.15) is 24.3 Å². The quantitative estimate of drug-likeness (QED) is 0.774. The number of carbonyl (C=O) groups is 1. The molecule has 1 unspecified atom stereocenters. The van der Waals surface area contributed by atoms with E-state index < -0.39 is 0 Å². The zero-order valence-electron chi connectivity index (χ0n) is 6.89. The summed E-state index contributed by atoms with van der Waals surface area (Å²) < 4.78 is 2.05. The zero-order chi connectivity index (χ0) is 9.42. The normalized spacial score (nSPS) is 21.4. The minimum Gasteiger partial charge on any atom is -0.299 e. The standard InChI is InChI=1S/C10H8Br2O/c11-8-3-1-6(5-9(8)12)7-2-4-10(7)13/h1,3,5,7H,2,4H2. The summed E-state index contributed by atoms with van der Waals surface area (Å²) in [5.41, 5.74) is 1.13. The fraction of sp³-hybridized carbons (Fsp3) is 0.300. The van der Waals surface area contributed by atoms with E-state index in [0.29, 0.717) is 5.78 Å². The first-order valence-electron chi connectivity index (χ1n) is 4.16. The Kier molecular flexibility index (Phi) is 2.56. The van der Waals surface area contributed by atoms with Crippen LogP contribution in [0.4, 0.5) is 0 Å². The maximum Gasteiger partial charge on any atom is 0.140 e. The molecule has 0 spiro atoms. The third-order valence-electron chi connectivity index (χ3n) is 2.41. The highest BCUT2D eigenvalue weighted by atomic mass is 79.9. The van der Waals surface area contributed by atoms with Crippen LogP contribution < -0.4 is 0 Å². The maximum absolute atomic E-state index is 11.2. The smallest absolute Gasteiger partial charge is 0.140 e. The monoisotopic (exact) mass is 302 g/mol. The van der Waals surface area contributed by atoms with E-state index in [1.807, 2.05) is 18.2 Å². The summed E-state index contributed by atoms with van der Waals surface area (Å²) in [5.74, 6) is 0.527. The Labute approximate surface area is 93.8 Å². The SMILES string of the molecule is O=C1CCC1c1ccc(Br)c(Br)c1. The Morgan fingerprint density at radius 3 is 2.46 bits per heavy atom. The molecule has 68 valence electrons. The second-order valence-electron chi connectivity index (χ2n) is 3.23. The van der Waals surface area contributed by atoms with E-state index in [9.17, 15) is 4.79 Å². The third-order valence-corrected chi connectivity index (χ3v) is 4.29. The molecule has 0 amide bonds. The number of Topliss-reactive ketones (excluding diaryl/α,β-unsaturated/α-hetero) is 1. The first kappa shape index (κ1) is 9.41. The molecule has 1 aromatic carbocycles. The van der Waals surface area contributed by atoms with Crippen molar-refractivity contribution in [3.05, 3.63) is 32.7 Å². The predicted octanol–water partition coefficient (Wildman–Crippen LogP) is 3.66. The molecule has 1 aromatic rings. The second kappa shape index (κ2) is 3.54. The predicted molar refractivity (Wildman–Crippen MR) is 58.8 cm³/mol. The lowest BCUT2D eigenvalue weighted by Crippen LogP contribution is -2.23. The summed E-state index contributed by atoms with van der Waals surface area (Å²) >= 11 is 6.83. The summed E-state index contributed by atoms with van der Waals surface area (Å²) in [6, 6.07) is 6.01. The lowest BCUT2D eigenvalue weighted by Gasteiger charge is -2.24. The largest absolute Gasteiger partial charge is 0.299 e. The van der Waals surface area contributed by atoms with E-state index in [2.05, 4.69) is 31.9 Å². The topological polar surface area (TPSA) is 17.1 Å². The molecule has 1 saturated carbocycles. The Balaban J connectivity index is 2.31. The molecule has 1 atom stereocenters. The molecule has 1 aliphatic rings. The van der Waals surface area contributed by atoms with Crippen molar-refractivity contribution in [2.75, 3.05) is 0 Å². The number of ketones is 1. The molecule has 0 bridgehead atoms. The molecule has 0 saturated heterocycles. The molecule has 1 nitrogen and oxygen atoms in total. The first-order chi connectivity index (χ1) is 6.18. The van der Waals surface area contributed by atoms with Crippen LogP contribution in [0.3, 0.4) is 0 Å². The van der Waals surface area contributed by atoms with Crippen LogP contribution in [0.5, 0.6) is 0 Å². The van der Waals surface area contributed by atoms with Gasteiger partial charge in [0.2, 0.25) is 0 Å². The fourth-order valence-electron chi connectivity index (χ4n) is 1.49. The van der Waals surface area contributed by atoms with Crippen molar-refractivity contribution in [2.45, 2.75) is 18.8 Å². The summed E-state index contributed by atoms with van der Waals surface area (Å²) in [6.45, 7) is 0. The van der Waals surface area contributed by atoms with Gasteiger partial charge in [-0.05, 0) is 56.0 Å². The minimum atomic E-state index is 0.157. The molecule has 1 fully saturated rings. The Morgan fingerprint density at radius 1 is 1.23 bits per heavy atom. The van der Waals surface area contributed by atoms with Gasteiger partial charge in [0, 0.05) is 21.3 Å². The molecular formula is C10H8Br2O. The van der Waals surface area contributed by atoms with E-state index in [1.54, 1.807) is 0 Å². The number of halogens is 2. The van der Waals surface area contributed by atoms with Crippen LogP contribution in [0.25, 0.3) is 0 Å². The van der Waals surface area contributed by atoms with E-state index in [1.165, 1.54) is 0 Å². The molecule has 0 heterocycles. The van der Waals surface area contributed by atoms with Crippen molar-refractivity contribution < 1.29 is 4.79 Å². The van der Waals surface area contributed by atoms with Gasteiger partial charge in [-0.25, -0.2) is 0 Å². The Hall–Kier alpha value is -0.150. The highest BCUT2D eigenvalue weighted by Gasteiger charge is 2.29. The number of hydrogen-bond donors (Lipinski definition) is 0. The van der Waals surface area contributed by atoms with Gasteiger partial charge >= 0.3 is 0 Å². The van der Waals surface area contributed by atoms with Gasteiger partial charge in [-0.2, -0.15) is 0 Å². The Morgan fingerprint density at radius 2 is 2.00 bits per heavy atom. The van der Waals surface area contributed by atoms with Gasteiger partial charge in [0.1, 0.15) is 5.78 Å². The first-order valence-corrected chi connectivity index (χ1v) is 5.75. The molecule has 0 radical (unpaired) electrons. The highest BCUT2D eigenvalue weighted by Crippen LogP contribution is 2.35. The lowest BCUT2D eigenvalue weighted by atomic mass is 9.79. The third kappa shape index (κ3) is 1.72. The number of hydrogen-bond acceptors (Lipinski definition) is 1. The van der Waals surface area contributed by atoms with Gasteiger partial charge < -0.3 is 0 Å². The summed E-state index contributed by atoms with van der Waals surface area (Å²) in [4.78, 5) is 11.2. The van der Waals surface area contributed by atoms with Gasteiger partial charge in [0.25, 0.3) is 0 Å². The van der Waals surface area contributed by atoms with E-state index in [4.69, 9.17) is 0 Å². The molecule has 0 aliphatic heterocycles. The highest BCUT2D eigenvalue weighted by molar-refractivity contribution is 9.13. The molecular weight excluding hydrogens is 296 g/mol. The van der Waals surface area contributed by atoms with Crippen LogP contribution in [-0.2, 0) is 4.79 Å². The van der Waals surface area contributed by atoms with Crippen LogP contribution >= 0.6 is 31.9 Å². The number of carbonyl (C=O) groups excluding carboxylic acids is 1. The van der Waals surface area contributed by atoms with Crippen molar-refractivity contribution in [1.29, 1.82) is 0 Å². The van der Waals surface area contributed by atoms with Gasteiger partial charge in [-0.1, -0.05) is 6.07 Å². The molecule has 13 heavy (non-hydrogen) atoms. The van der Waals surface area contributed by atoms with Crippen LogP contribution in [0, 0.1) is 0 Å². The van der Waals surface area contributed by atoms with E-state index in [-0.39, 0.29) is 5.92 Å². The lowest BCUT2D eigenvalue weighted by molar-refractivity contribution is -0.125. The summed E-state index contributed by atoms with van der Waals surface area (Å²) in [7, 11) is 0. The van der Waals surface area contributed by atoms with Crippen molar-refractivity contribution in [3.63, 3.8) is 0 Å².